The third kappa shape index (κ3) is 3.34. The number of fused-ring (bicyclic) bond motifs is 1. The Hall–Kier alpha value is -2.12. The Balaban J connectivity index is 2.15. The third-order valence-corrected chi connectivity index (χ3v) is 5.35. The summed E-state index contributed by atoms with van der Waals surface area (Å²) in [4.78, 5) is 11.1. The normalized spacial score (nSPS) is 10.6. The van der Waals surface area contributed by atoms with E-state index in [0.717, 1.165) is 6.07 Å². The van der Waals surface area contributed by atoms with Crippen LogP contribution in [0.25, 0.3) is 10.9 Å². The summed E-state index contributed by atoms with van der Waals surface area (Å²) < 4.78 is 35.4. The zero-order valence-electron chi connectivity index (χ0n) is 12.5. The molecule has 1 aromatic heterocycles. The van der Waals surface area contributed by atoms with Gasteiger partial charge in [0.1, 0.15) is 23.9 Å². The lowest BCUT2D eigenvalue weighted by Crippen LogP contribution is -1.99. The summed E-state index contributed by atoms with van der Waals surface area (Å²) in [6.07, 6.45) is 2.40. The molecule has 25 heavy (non-hydrogen) atoms. The Kier molecular flexibility index (Phi) is 5.24. The maximum Gasteiger partial charge on any atom is 0.168 e. The summed E-state index contributed by atoms with van der Waals surface area (Å²) in [5.41, 5.74) is 0.818. The van der Waals surface area contributed by atoms with Gasteiger partial charge >= 0.3 is 0 Å². The highest BCUT2D eigenvalue weighted by atomic mass is 127. The fraction of sp³-hybridized carbons (Fsp3) is 0.0588. The lowest BCUT2D eigenvalue weighted by molar-refractivity contribution is -0.107. The van der Waals surface area contributed by atoms with Crippen LogP contribution in [0.4, 0.5) is 8.78 Å². The van der Waals surface area contributed by atoms with Crippen LogP contribution in [0.5, 0.6) is 11.5 Å². The number of nitriles is 1. The van der Waals surface area contributed by atoms with Crippen LogP contribution in [0, 0.1) is 23.0 Å². The molecule has 0 fully saturated rings. The van der Waals surface area contributed by atoms with Gasteiger partial charge in [0.2, 0.25) is 0 Å². The van der Waals surface area contributed by atoms with Crippen LogP contribution in [0.15, 0.2) is 36.5 Å². The molecule has 0 radical (unpaired) electrons. The molecule has 0 aliphatic rings. The van der Waals surface area contributed by atoms with Gasteiger partial charge in [0.05, 0.1) is 11.1 Å². The van der Waals surface area contributed by atoms with Gasteiger partial charge in [-0.15, -0.1) is 0 Å². The van der Waals surface area contributed by atoms with Gasteiger partial charge in [-0.25, -0.2) is 8.78 Å². The highest BCUT2D eigenvalue weighted by Gasteiger charge is 2.18. The van der Waals surface area contributed by atoms with E-state index in [1.807, 2.05) is 0 Å². The van der Waals surface area contributed by atoms with Gasteiger partial charge in [-0.3, -0.25) is 3.97 Å². The topological polar surface area (TPSA) is 55.0 Å². The molecule has 126 valence electrons. The molecule has 1 heterocycles. The zero-order valence-corrected chi connectivity index (χ0v) is 15.5. The van der Waals surface area contributed by atoms with E-state index in [-0.39, 0.29) is 23.5 Å². The molecule has 8 heteroatoms. The zero-order chi connectivity index (χ0) is 18.0. The summed E-state index contributed by atoms with van der Waals surface area (Å²) in [5, 5.41) is 9.59. The van der Waals surface area contributed by atoms with Crippen molar-refractivity contribution in [2.75, 3.05) is 0 Å². The van der Waals surface area contributed by atoms with E-state index in [4.69, 9.17) is 10.00 Å². The molecule has 0 N–H and O–H groups in total. The maximum atomic E-state index is 14.6. The minimum Gasteiger partial charge on any atom is -0.454 e. The van der Waals surface area contributed by atoms with Crippen molar-refractivity contribution in [1.29, 1.82) is 5.26 Å². The van der Waals surface area contributed by atoms with Crippen molar-refractivity contribution in [1.82, 2.24) is 3.97 Å². The highest BCUT2D eigenvalue weighted by molar-refractivity contribution is 14.2. The summed E-state index contributed by atoms with van der Waals surface area (Å²) in [7, 11) is 1.37. The van der Waals surface area contributed by atoms with Crippen LogP contribution < -0.4 is 4.74 Å². The number of hydrogen-bond donors (Lipinski definition) is 0. The van der Waals surface area contributed by atoms with Crippen molar-refractivity contribution in [3.05, 3.63) is 59.3 Å². The Morgan fingerprint density at radius 3 is 2.76 bits per heavy atom. The number of carbonyl (C=O) groups excluding carboxylic acids is 1. The van der Waals surface area contributed by atoms with Crippen LogP contribution in [-0.2, 0) is 11.2 Å². The quantitative estimate of drug-likeness (QED) is 0.382. The molecule has 4 nitrogen and oxygen atoms in total. The van der Waals surface area contributed by atoms with Crippen molar-refractivity contribution in [2.45, 2.75) is 6.42 Å². The van der Waals surface area contributed by atoms with Crippen molar-refractivity contribution in [3.8, 4) is 17.6 Å². The molecule has 0 saturated carbocycles. The SMILES string of the molecule is N#Cc1cc(Oc2c(F)cc3c(ccn3SI)c2CC=O)ccc1F. The molecule has 0 unspecified atom stereocenters. The van der Waals surface area contributed by atoms with Crippen LogP contribution in [0.3, 0.4) is 0 Å². The van der Waals surface area contributed by atoms with Crippen LogP contribution in [-0.4, -0.2) is 10.3 Å². The fourth-order valence-electron chi connectivity index (χ4n) is 2.50. The number of carbonyl (C=O) groups is 1. The number of nitrogens with zero attached hydrogens (tertiary/aromatic N) is 2. The minimum absolute atomic E-state index is 0.0359. The molecule has 0 amide bonds. The van der Waals surface area contributed by atoms with Crippen molar-refractivity contribution in [3.63, 3.8) is 0 Å². The molecule has 0 aliphatic heterocycles. The lowest BCUT2D eigenvalue weighted by atomic mass is 10.1. The van der Waals surface area contributed by atoms with Crippen LogP contribution in [0.1, 0.15) is 11.1 Å². The molecule has 0 aliphatic carbocycles. The average Bonchev–Trinajstić information content (AvgIpc) is 3.02. The molecular weight excluding hydrogens is 461 g/mol. The van der Waals surface area contributed by atoms with Crippen LogP contribution in [0.2, 0.25) is 0 Å². The van der Waals surface area contributed by atoms with E-state index >= 15 is 0 Å². The van der Waals surface area contributed by atoms with Gasteiger partial charge < -0.3 is 9.53 Å². The van der Waals surface area contributed by atoms with Gasteiger partial charge in [-0.1, -0.05) is 0 Å². The maximum absolute atomic E-state index is 14.6. The van der Waals surface area contributed by atoms with Gasteiger partial charge in [0.15, 0.2) is 11.6 Å². The first kappa shape index (κ1) is 17.7. The van der Waals surface area contributed by atoms with Gasteiger partial charge in [-0.2, -0.15) is 5.26 Å². The summed E-state index contributed by atoms with van der Waals surface area (Å²) in [5.74, 6) is -1.31. The second kappa shape index (κ2) is 7.41. The lowest BCUT2D eigenvalue weighted by Gasteiger charge is -2.13. The smallest absolute Gasteiger partial charge is 0.168 e. The average molecular weight is 470 g/mol. The van der Waals surface area contributed by atoms with Crippen LogP contribution >= 0.6 is 30.3 Å². The molecule has 3 rings (SSSR count). The number of benzene rings is 2. The van der Waals surface area contributed by atoms with E-state index < -0.39 is 11.6 Å². The number of aldehydes is 1. The third-order valence-electron chi connectivity index (χ3n) is 3.61. The number of aromatic nitrogens is 1. The van der Waals surface area contributed by atoms with E-state index in [1.165, 1.54) is 27.3 Å². The molecule has 0 saturated heterocycles. The Bertz CT molecular complexity index is 1010. The highest BCUT2D eigenvalue weighted by Crippen LogP contribution is 2.37. The van der Waals surface area contributed by atoms with E-state index in [2.05, 4.69) is 21.2 Å². The number of ether oxygens (including phenoxy) is 1. The molecule has 0 atom stereocenters. The van der Waals surface area contributed by atoms with Crippen molar-refractivity contribution in [2.24, 2.45) is 0 Å². The molecular formula is C17H9F2IN2O2S. The largest absolute Gasteiger partial charge is 0.454 e. The Morgan fingerprint density at radius 2 is 2.08 bits per heavy atom. The Morgan fingerprint density at radius 1 is 1.28 bits per heavy atom. The fourth-order valence-corrected chi connectivity index (χ4v) is 3.87. The summed E-state index contributed by atoms with van der Waals surface area (Å²) in [6.45, 7) is 0. The monoisotopic (exact) mass is 470 g/mol. The number of rotatable bonds is 5. The summed E-state index contributed by atoms with van der Waals surface area (Å²) in [6, 6.07) is 8.37. The van der Waals surface area contributed by atoms with E-state index in [0.29, 0.717) is 22.8 Å². The van der Waals surface area contributed by atoms with E-state index in [9.17, 15) is 13.6 Å². The second-order valence-corrected chi connectivity index (χ2v) is 6.75. The first-order valence-electron chi connectivity index (χ1n) is 7.01. The number of hydrogen-bond acceptors (Lipinski definition) is 4. The molecule has 0 bridgehead atoms. The molecule has 2 aromatic carbocycles. The van der Waals surface area contributed by atoms with E-state index in [1.54, 1.807) is 22.3 Å². The van der Waals surface area contributed by atoms with Gasteiger partial charge in [-0.05, 0) is 18.2 Å². The van der Waals surface area contributed by atoms with Gasteiger partial charge in [0, 0.05) is 66.0 Å². The standard InChI is InChI=1S/C17H9F2IN2O2S/c18-14-2-1-11(7-10(14)9-21)24-17-13(4-6-23)12-3-5-22(25-20)16(12)8-15(17)19/h1-3,5-8H,4H2. The minimum atomic E-state index is -0.685. The first-order valence-corrected chi connectivity index (χ1v) is 10.3. The van der Waals surface area contributed by atoms with Crippen molar-refractivity contribution < 1.29 is 18.3 Å². The predicted octanol–water partition coefficient (Wildman–Crippen LogP) is 5.17. The first-order chi connectivity index (χ1) is 12.1. The van der Waals surface area contributed by atoms with Gasteiger partial charge in [0.25, 0.3) is 0 Å². The predicted molar refractivity (Wildman–Crippen MR) is 99.9 cm³/mol. The second-order valence-electron chi connectivity index (χ2n) is 5.04. The molecule has 3 aromatic rings. The van der Waals surface area contributed by atoms with Crippen molar-refractivity contribution >= 4 is 47.5 Å². The number of halogens is 3. The molecule has 0 spiro atoms. The Labute approximate surface area is 158 Å². The summed E-state index contributed by atoms with van der Waals surface area (Å²) >= 11 is 2.07.